The van der Waals surface area contributed by atoms with Gasteiger partial charge in [-0.25, -0.2) is 4.68 Å². The van der Waals surface area contributed by atoms with Crippen molar-refractivity contribution < 1.29 is 4.79 Å². The van der Waals surface area contributed by atoms with Crippen molar-refractivity contribution in [3.05, 3.63) is 29.2 Å². The van der Waals surface area contributed by atoms with E-state index in [2.05, 4.69) is 41.0 Å². The predicted octanol–water partition coefficient (Wildman–Crippen LogP) is 4.04. The third kappa shape index (κ3) is 4.17. The highest BCUT2D eigenvalue weighted by Gasteiger charge is 2.21. The molecule has 1 aliphatic carbocycles. The van der Waals surface area contributed by atoms with E-state index in [0.29, 0.717) is 18.4 Å². The molecule has 1 amide bonds. The van der Waals surface area contributed by atoms with Crippen LogP contribution in [0.3, 0.4) is 0 Å². The second kappa shape index (κ2) is 8.06. The molecule has 1 N–H and O–H groups in total. The quantitative estimate of drug-likeness (QED) is 0.813. The van der Waals surface area contributed by atoms with Gasteiger partial charge in [0.15, 0.2) is 0 Å². The largest absolute Gasteiger partial charge is 0.311 e. The van der Waals surface area contributed by atoms with Gasteiger partial charge in [0, 0.05) is 24.7 Å². The van der Waals surface area contributed by atoms with Crippen molar-refractivity contribution in [1.29, 1.82) is 0 Å². The van der Waals surface area contributed by atoms with Gasteiger partial charge in [-0.2, -0.15) is 10.2 Å². The normalized spacial score (nSPS) is 15.1. The number of amides is 1. The maximum atomic E-state index is 12.5. The van der Waals surface area contributed by atoms with Gasteiger partial charge in [0.1, 0.15) is 5.82 Å². The fourth-order valence-electron chi connectivity index (χ4n) is 3.92. The van der Waals surface area contributed by atoms with E-state index in [-0.39, 0.29) is 5.91 Å². The highest BCUT2D eigenvalue weighted by atomic mass is 16.1. The van der Waals surface area contributed by atoms with E-state index in [1.54, 1.807) is 6.20 Å². The molecular formula is C20H31N5O. The summed E-state index contributed by atoms with van der Waals surface area (Å²) in [4.78, 5) is 12.5. The molecule has 6 nitrogen and oxygen atoms in total. The summed E-state index contributed by atoms with van der Waals surface area (Å²) in [6.45, 7) is 9.44. The Morgan fingerprint density at radius 1 is 1.31 bits per heavy atom. The van der Waals surface area contributed by atoms with Crippen LogP contribution < -0.4 is 5.32 Å². The Balaban J connectivity index is 1.60. The zero-order valence-corrected chi connectivity index (χ0v) is 16.5. The van der Waals surface area contributed by atoms with Gasteiger partial charge in [0.05, 0.1) is 17.9 Å². The monoisotopic (exact) mass is 357 g/mol. The standard InChI is InChI=1S/C20H31N5O/c1-14(2)13-24-16(4)18(15(3)23-24)9-10-20(26)22-19-11-12-21-25(19)17-7-5-6-8-17/h11-12,14,17H,5-10,13H2,1-4H3,(H,22,26). The Kier molecular flexibility index (Phi) is 5.79. The molecule has 2 aromatic heterocycles. The van der Waals surface area contributed by atoms with Crippen LogP contribution in [0.1, 0.15) is 68.9 Å². The lowest BCUT2D eigenvalue weighted by Gasteiger charge is -2.14. The van der Waals surface area contributed by atoms with Gasteiger partial charge in [-0.3, -0.25) is 9.48 Å². The second-order valence-corrected chi connectivity index (χ2v) is 7.87. The average molecular weight is 358 g/mol. The van der Waals surface area contributed by atoms with E-state index in [1.807, 2.05) is 17.7 Å². The number of aromatic nitrogens is 4. The van der Waals surface area contributed by atoms with Crippen molar-refractivity contribution >= 4 is 11.7 Å². The second-order valence-electron chi connectivity index (χ2n) is 7.87. The molecule has 0 bridgehead atoms. The first-order chi connectivity index (χ1) is 12.5. The van der Waals surface area contributed by atoms with Crippen LogP contribution in [-0.4, -0.2) is 25.5 Å². The summed E-state index contributed by atoms with van der Waals surface area (Å²) in [5.74, 6) is 1.42. The number of hydrogen-bond acceptors (Lipinski definition) is 3. The van der Waals surface area contributed by atoms with Crippen LogP contribution in [0.2, 0.25) is 0 Å². The first-order valence-electron chi connectivity index (χ1n) is 9.82. The molecule has 3 rings (SSSR count). The molecule has 6 heteroatoms. The van der Waals surface area contributed by atoms with Crippen LogP contribution in [0.4, 0.5) is 5.82 Å². The van der Waals surface area contributed by atoms with Crippen LogP contribution in [0.5, 0.6) is 0 Å². The van der Waals surface area contributed by atoms with Crippen molar-refractivity contribution in [3.63, 3.8) is 0 Å². The number of nitrogens with one attached hydrogen (secondary N) is 1. The number of hydrogen-bond donors (Lipinski definition) is 1. The molecular weight excluding hydrogens is 326 g/mol. The van der Waals surface area contributed by atoms with Crippen molar-refractivity contribution in [2.45, 2.75) is 78.8 Å². The molecule has 0 aliphatic heterocycles. The van der Waals surface area contributed by atoms with Crippen LogP contribution in [-0.2, 0) is 17.8 Å². The van der Waals surface area contributed by atoms with E-state index in [9.17, 15) is 4.79 Å². The first-order valence-corrected chi connectivity index (χ1v) is 9.82. The maximum absolute atomic E-state index is 12.5. The summed E-state index contributed by atoms with van der Waals surface area (Å²) >= 11 is 0. The SMILES string of the molecule is Cc1nn(CC(C)C)c(C)c1CCC(=O)Nc1ccnn1C1CCCC1. The lowest BCUT2D eigenvalue weighted by atomic mass is 10.1. The maximum Gasteiger partial charge on any atom is 0.225 e. The number of carbonyl (C=O) groups is 1. The minimum absolute atomic E-state index is 0.0418. The van der Waals surface area contributed by atoms with Crippen molar-refractivity contribution in [3.8, 4) is 0 Å². The molecule has 1 fully saturated rings. The average Bonchev–Trinajstić information content (AvgIpc) is 3.28. The minimum atomic E-state index is 0.0418. The van der Waals surface area contributed by atoms with Crippen molar-refractivity contribution in [2.75, 3.05) is 5.32 Å². The Hall–Kier alpha value is -2.11. The minimum Gasteiger partial charge on any atom is -0.311 e. The van der Waals surface area contributed by atoms with Gasteiger partial charge in [-0.1, -0.05) is 26.7 Å². The van der Waals surface area contributed by atoms with E-state index < -0.39 is 0 Å². The third-order valence-corrected chi connectivity index (χ3v) is 5.28. The van der Waals surface area contributed by atoms with Gasteiger partial charge in [0.2, 0.25) is 5.91 Å². The fraction of sp³-hybridized carbons (Fsp3) is 0.650. The number of carbonyl (C=O) groups excluding carboxylic acids is 1. The van der Waals surface area contributed by atoms with Crippen LogP contribution >= 0.6 is 0 Å². The Labute approximate surface area is 156 Å². The van der Waals surface area contributed by atoms with Gasteiger partial charge in [-0.05, 0) is 44.6 Å². The van der Waals surface area contributed by atoms with Crippen molar-refractivity contribution in [1.82, 2.24) is 19.6 Å². The third-order valence-electron chi connectivity index (χ3n) is 5.28. The summed E-state index contributed by atoms with van der Waals surface area (Å²) in [5.41, 5.74) is 3.41. The number of anilines is 1. The number of nitrogens with zero attached hydrogens (tertiary/aromatic N) is 4. The van der Waals surface area contributed by atoms with E-state index in [0.717, 1.165) is 37.3 Å². The van der Waals surface area contributed by atoms with Gasteiger partial charge in [-0.15, -0.1) is 0 Å². The van der Waals surface area contributed by atoms with Gasteiger partial charge in [0.25, 0.3) is 0 Å². The van der Waals surface area contributed by atoms with E-state index in [4.69, 9.17) is 0 Å². The zero-order valence-electron chi connectivity index (χ0n) is 16.5. The molecule has 26 heavy (non-hydrogen) atoms. The van der Waals surface area contributed by atoms with Crippen molar-refractivity contribution in [2.24, 2.45) is 5.92 Å². The Morgan fingerprint density at radius 3 is 2.73 bits per heavy atom. The van der Waals surface area contributed by atoms with Gasteiger partial charge < -0.3 is 5.32 Å². The predicted molar refractivity (Wildman–Crippen MR) is 103 cm³/mol. The number of rotatable bonds is 7. The van der Waals surface area contributed by atoms with E-state index >= 15 is 0 Å². The highest BCUT2D eigenvalue weighted by molar-refractivity contribution is 5.90. The zero-order chi connectivity index (χ0) is 18.7. The highest BCUT2D eigenvalue weighted by Crippen LogP contribution is 2.31. The first kappa shape index (κ1) is 18.7. The molecule has 0 aromatic carbocycles. The fourth-order valence-corrected chi connectivity index (χ4v) is 3.92. The molecule has 142 valence electrons. The molecule has 2 aromatic rings. The Bertz CT molecular complexity index is 752. The summed E-state index contributed by atoms with van der Waals surface area (Å²) in [5, 5.41) is 12.1. The molecule has 0 unspecified atom stereocenters. The summed E-state index contributed by atoms with van der Waals surface area (Å²) in [6.07, 6.45) is 7.76. The molecule has 0 saturated heterocycles. The smallest absolute Gasteiger partial charge is 0.225 e. The Morgan fingerprint density at radius 2 is 2.04 bits per heavy atom. The van der Waals surface area contributed by atoms with Gasteiger partial charge >= 0.3 is 0 Å². The molecule has 2 heterocycles. The molecule has 1 saturated carbocycles. The molecule has 0 atom stereocenters. The summed E-state index contributed by atoms with van der Waals surface area (Å²) in [7, 11) is 0. The molecule has 0 radical (unpaired) electrons. The number of aryl methyl sites for hydroxylation is 1. The summed E-state index contributed by atoms with van der Waals surface area (Å²) in [6, 6.07) is 2.33. The lowest BCUT2D eigenvalue weighted by molar-refractivity contribution is -0.116. The lowest BCUT2D eigenvalue weighted by Crippen LogP contribution is -2.18. The topological polar surface area (TPSA) is 64.7 Å². The van der Waals surface area contributed by atoms with Crippen LogP contribution in [0.15, 0.2) is 12.3 Å². The van der Waals surface area contributed by atoms with Crippen LogP contribution in [0, 0.1) is 19.8 Å². The molecule has 0 spiro atoms. The summed E-state index contributed by atoms with van der Waals surface area (Å²) < 4.78 is 4.06. The van der Waals surface area contributed by atoms with E-state index in [1.165, 1.54) is 24.1 Å². The van der Waals surface area contributed by atoms with Crippen LogP contribution in [0.25, 0.3) is 0 Å². The molecule has 1 aliphatic rings.